The van der Waals surface area contributed by atoms with E-state index in [0.717, 1.165) is 18.8 Å². The molecule has 2 atom stereocenters. The van der Waals surface area contributed by atoms with E-state index in [-0.39, 0.29) is 18.7 Å². The van der Waals surface area contributed by atoms with Gasteiger partial charge < -0.3 is 15.2 Å². The van der Waals surface area contributed by atoms with E-state index < -0.39 is 0 Å². The van der Waals surface area contributed by atoms with Crippen LogP contribution in [0.25, 0.3) is 0 Å². The van der Waals surface area contributed by atoms with E-state index in [1.165, 1.54) is 5.56 Å². The van der Waals surface area contributed by atoms with Crippen molar-refractivity contribution < 1.29 is 9.84 Å². The lowest BCUT2D eigenvalue weighted by molar-refractivity contribution is 0.201. The van der Waals surface area contributed by atoms with Crippen molar-refractivity contribution in [3.63, 3.8) is 0 Å². The highest BCUT2D eigenvalue weighted by Crippen LogP contribution is 2.19. The first-order valence-electron chi connectivity index (χ1n) is 7.18. The predicted octanol–water partition coefficient (Wildman–Crippen LogP) is 3.14. The Hall–Kier alpha value is -1.06. The van der Waals surface area contributed by atoms with Crippen LogP contribution in [-0.4, -0.2) is 24.4 Å². The van der Waals surface area contributed by atoms with Gasteiger partial charge in [0.2, 0.25) is 0 Å². The van der Waals surface area contributed by atoms with Crippen LogP contribution in [-0.2, 0) is 0 Å². The summed E-state index contributed by atoms with van der Waals surface area (Å²) in [5.41, 5.74) is 1.21. The summed E-state index contributed by atoms with van der Waals surface area (Å²) in [5.74, 6) is 1.33. The van der Waals surface area contributed by atoms with Gasteiger partial charge in [-0.05, 0) is 37.0 Å². The Kier molecular flexibility index (Phi) is 6.89. The van der Waals surface area contributed by atoms with Crippen molar-refractivity contribution >= 4 is 0 Å². The van der Waals surface area contributed by atoms with Crippen LogP contribution in [0.3, 0.4) is 0 Å². The zero-order chi connectivity index (χ0) is 14.3. The van der Waals surface area contributed by atoms with Crippen molar-refractivity contribution in [2.75, 3.05) is 13.2 Å². The molecule has 0 amide bonds. The molecule has 1 rings (SSSR count). The molecule has 0 heterocycles. The van der Waals surface area contributed by atoms with Crippen molar-refractivity contribution in [3.8, 4) is 5.75 Å². The standard InChI is InChI=1S/C16H27NO2/c1-5-10-19-15-8-6-14(7-9-15)13(4)17-16(11-18)12(2)3/h6-9,12-13,16-18H,5,10-11H2,1-4H3. The predicted molar refractivity (Wildman–Crippen MR) is 79.5 cm³/mol. The van der Waals surface area contributed by atoms with Crippen LogP contribution in [0.5, 0.6) is 5.75 Å². The minimum Gasteiger partial charge on any atom is -0.494 e. The van der Waals surface area contributed by atoms with E-state index in [9.17, 15) is 5.11 Å². The fourth-order valence-corrected chi connectivity index (χ4v) is 1.95. The van der Waals surface area contributed by atoms with Gasteiger partial charge in [0.25, 0.3) is 0 Å². The highest BCUT2D eigenvalue weighted by atomic mass is 16.5. The molecular weight excluding hydrogens is 238 g/mol. The van der Waals surface area contributed by atoms with E-state index in [4.69, 9.17) is 4.74 Å². The quantitative estimate of drug-likeness (QED) is 0.758. The molecule has 0 aliphatic heterocycles. The van der Waals surface area contributed by atoms with E-state index in [2.05, 4.69) is 45.1 Å². The summed E-state index contributed by atoms with van der Waals surface area (Å²) in [4.78, 5) is 0. The van der Waals surface area contributed by atoms with Crippen LogP contribution in [0.1, 0.15) is 45.7 Å². The second-order valence-corrected chi connectivity index (χ2v) is 5.34. The molecule has 0 saturated carbocycles. The zero-order valence-corrected chi connectivity index (χ0v) is 12.5. The van der Waals surface area contributed by atoms with Gasteiger partial charge in [-0.2, -0.15) is 0 Å². The summed E-state index contributed by atoms with van der Waals surface area (Å²) in [6.07, 6.45) is 1.02. The molecule has 0 bridgehead atoms. The Balaban J connectivity index is 2.59. The highest BCUT2D eigenvalue weighted by molar-refractivity contribution is 5.29. The van der Waals surface area contributed by atoms with Gasteiger partial charge >= 0.3 is 0 Å². The van der Waals surface area contributed by atoms with E-state index in [1.54, 1.807) is 0 Å². The Labute approximate surface area is 117 Å². The number of benzene rings is 1. The third-order valence-electron chi connectivity index (χ3n) is 3.32. The molecule has 0 aromatic heterocycles. The molecule has 3 nitrogen and oxygen atoms in total. The molecular formula is C16H27NO2. The van der Waals surface area contributed by atoms with Crippen molar-refractivity contribution in [2.45, 2.75) is 46.2 Å². The summed E-state index contributed by atoms with van der Waals surface area (Å²) in [5, 5.41) is 12.8. The Bertz CT molecular complexity index is 348. The summed E-state index contributed by atoms with van der Waals surface area (Å²) >= 11 is 0. The molecule has 0 spiro atoms. The van der Waals surface area contributed by atoms with Crippen LogP contribution in [0, 0.1) is 5.92 Å². The Morgan fingerprint density at radius 2 is 1.79 bits per heavy atom. The zero-order valence-electron chi connectivity index (χ0n) is 12.5. The fourth-order valence-electron chi connectivity index (χ4n) is 1.95. The van der Waals surface area contributed by atoms with E-state index >= 15 is 0 Å². The average Bonchev–Trinajstić information content (AvgIpc) is 2.42. The smallest absolute Gasteiger partial charge is 0.119 e. The van der Waals surface area contributed by atoms with E-state index in [1.807, 2.05) is 12.1 Å². The van der Waals surface area contributed by atoms with Gasteiger partial charge in [0.05, 0.1) is 13.2 Å². The normalized spacial score (nSPS) is 14.4. The molecule has 0 saturated heterocycles. The van der Waals surface area contributed by atoms with Gasteiger partial charge in [0, 0.05) is 12.1 Å². The number of aliphatic hydroxyl groups excluding tert-OH is 1. The lowest BCUT2D eigenvalue weighted by atomic mass is 10.0. The van der Waals surface area contributed by atoms with Gasteiger partial charge in [0.15, 0.2) is 0 Å². The van der Waals surface area contributed by atoms with Gasteiger partial charge in [-0.15, -0.1) is 0 Å². The molecule has 1 aromatic rings. The minimum absolute atomic E-state index is 0.131. The van der Waals surface area contributed by atoms with Crippen LogP contribution < -0.4 is 10.1 Å². The molecule has 0 fully saturated rings. The third-order valence-corrected chi connectivity index (χ3v) is 3.32. The summed E-state index contributed by atoms with van der Waals surface area (Å²) in [6, 6.07) is 8.53. The molecule has 0 aliphatic rings. The van der Waals surface area contributed by atoms with Crippen LogP contribution in [0.4, 0.5) is 0 Å². The molecule has 3 heteroatoms. The maximum Gasteiger partial charge on any atom is 0.119 e. The summed E-state index contributed by atoms with van der Waals surface area (Å²) in [7, 11) is 0. The molecule has 19 heavy (non-hydrogen) atoms. The van der Waals surface area contributed by atoms with Gasteiger partial charge in [-0.1, -0.05) is 32.9 Å². The molecule has 1 aromatic carbocycles. The van der Waals surface area contributed by atoms with E-state index in [0.29, 0.717) is 5.92 Å². The van der Waals surface area contributed by atoms with Crippen molar-refractivity contribution in [3.05, 3.63) is 29.8 Å². The monoisotopic (exact) mass is 265 g/mol. The summed E-state index contributed by atoms with van der Waals surface area (Å²) in [6.45, 7) is 9.37. The molecule has 2 N–H and O–H groups in total. The van der Waals surface area contributed by atoms with Crippen LogP contribution in [0.2, 0.25) is 0 Å². The fraction of sp³-hybridized carbons (Fsp3) is 0.625. The second-order valence-electron chi connectivity index (χ2n) is 5.34. The highest BCUT2D eigenvalue weighted by Gasteiger charge is 2.15. The lowest BCUT2D eigenvalue weighted by Gasteiger charge is -2.25. The van der Waals surface area contributed by atoms with Gasteiger partial charge in [-0.3, -0.25) is 0 Å². The maximum atomic E-state index is 9.35. The first kappa shape index (κ1) is 16.0. The third kappa shape index (κ3) is 5.21. The second kappa shape index (κ2) is 8.18. The topological polar surface area (TPSA) is 41.5 Å². The Morgan fingerprint density at radius 1 is 1.16 bits per heavy atom. The number of nitrogens with one attached hydrogen (secondary N) is 1. The SMILES string of the molecule is CCCOc1ccc(C(C)NC(CO)C(C)C)cc1. The number of aliphatic hydroxyl groups is 1. The first-order valence-corrected chi connectivity index (χ1v) is 7.18. The van der Waals surface area contributed by atoms with Crippen molar-refractivity contribution in [1.82, 2.24) is 5.32 Å². The molecule has 0 aliphatic carbocycles. The first-order chi connectivity index (χ1) is 9.08. The Morgan fingerprint density at radius 3 is 2.26 bits per heavy atom. The molecule has 108 valence electrons. The van der Waals surface area contributed by atoms with Gasteiger partial charge in [-0.25, -0.2) is 0 Å². The van der Waals surface area contributed by atoms with Crippen molar-refractivity contribution in [2.24, 2.45) is 5.92 Å². The number of ether oxygens (including phenoxy) is 1. The van der Waals surface area contributed by atoms with Gasteiger partial charge in [0.1, 0.15) is 5.75 Å². The number of hydrogen-bond donors (Lipinski definition) is 2. The summed E-state index contributed by atoms with van der Waals surface area (Å²) < 4.78 is 5.57. The maximum absolute atomic E-state index is 9.35. The molecule has 0 radical (unpaired) electrons. The molecule has 2 unspecified atom stereocenters. The lowest BCUT2D eigenvalue weighted by Crippen LogP contribution is -2.38. The number of hydrogen-bond acceptors (Lipinski definition) is 3. The van der Waals surface area contributed by atoms with Crippen molar-refractivity contribution in [1.29, 1.82) is 0 Å². The largest absolute Gasteiger partial charge is 0.494 e. The van der Waals surface area contributed by atoms with Crippen LogP contribution in [0.15, 0.2) is 24.3 Å². The van der Waals surface area contributed by atoms with Crippen LogP contribution >= 0.6 is 0 Å². The number of rotatable bonds is 8. The average molecular weight is 265 g/mol. The minimum atomic E-state index is 0.131.